The number of aliphatic hydroxyl groups is 1. The first kappa shape index (κ1) is 12.2. The molecule has 5 rings (SSSR count). The van der Waals surface area contributed by atoms with Gasteiger partial charge in [-0.1, -0.05) is 12.2 Å². The van der Waals surface area contributed by atoms with Gasteiger partial charge in [0.05, 0.1) is 16.9 Å². The van der Waals surface area contributed by atoms with Crippen molar-refractivity contribution < 1.29 is 28.9 Å². The minimum absolute atomic E-state index is 0.269. The molecule has 5 aliphatic rings. The number of ether oxygens (including phenoxy) is 3. The molecule has 5 fully saturated rings. The molecular weight excluding hydrogens is 276 g/mol. The van der Waals surface area contributed by atoms with E-state index in [1.807, 2.05) is 6.92 Å². The molecule has 0 aromatic heterocycles. The van der Waals surface area contributed by atoms with Gasteiger partial charge < -0.3 is 19.3 Å². The van der Waals surface area contributed by atoms with Crippen LogP contribution in [0, 0.1) is 17.3 Å². The highest BCUT2D eigenvalue weighted by Crippen LogP contribution is 2.76. The molecule has 3 heterocycles. The van der Waals surface area contributed by atoms with Gasteiger partial charge in [0.15, 0.2) is 6.10 Å². The van der Waals surface area contributed by atoms with Gasteiger partial charge in [-0.2, -0.15) is 0 Å². The quantitative estimate of drug-likeness (QED) is 0.414. The van der Waals surface area contributed by atoms with Crippen molar-refractivity contribution in [2.24, 2.45) is 17.3 Å². The van der Waals surface area contributed by atoms with Gasteiger partial charge in [0, 0.05) is 12.3 Å². The Bertz CT molecular complexity index is 642. The SMILES string of the molecule is C=C(C)[C@H]1[C@H]2OC(=O)[C@@H]1[C@]1(O)C[C@H]3OC34C(=O)O[C@H]2[C@@]41C. The molecule has 0 amide bonds. The van der Waals surface area contributed by atoms with Crippen LogP contribution >= 0.6 is 0 Å². The second-order valence-corrected chi connectivity index (χ2v) is 7.25. The molecule has 6 heteroatoms. The summed E-state index contributed by atoms with van der Waals surface area (Å²) in [6.45, 7) is 7.55. The number of hydrogen-bond acceptors (Lipinski definition) is 6. The lowest BCUT2D eigenvalue weighted by Crippen LogP contribution is -2.66. The van der Waals surface area contributed by atoms with Crippen LogP contribution in [0.15, 0.2) is 12.2 Å². The Balaban J connectivity index is 1.78. The summed E-state index contributed by atoms with van der Waals surface area (Å²) in [5.41, 5.74) is -2.60. The van der Waals surface area contributed by atoms with E-state index in [1.165, 1.54) is 0 Å². The molecule has 1 unspecified atom stereocenters. The van der Waals surface area contributed by atoms with Crippen molar-refractivity contribution in [3.63, 3.8) is 0 Å². The average molecular weight is 292 g/mol. The highest BCUT2D eigenvalue weighted by molar-refractivity contribution is 5.91. The van der Waals surface area contributed by atoms with E-state index < -0.39 is 46.7 Å². The fourth-order valence-corrected chi connectivity index (χ4v) is 5.59. The Labute approximate surface area is 121 Å². The molecule has 3 saturated heterocycles. The smallest absolute Gasteiger partial charge is 0.342 e. The summed E-state index contributed by atoms with van der Waals surface area (Å²) in [4.78, 5) is 24.7. The molecule has 1 spiro atoms. The van der Waals surface area contributed by atoms with E-state index in [0.717, 1.165) is 5.57 Å². The largest absolute Gasteiger partial charge is 0.457 e. The van der Waals surface area contributed by atoms with E-state index in [4.69, 9.17) is 14.2 Å². The maximum atomic E-state index is 12.3. The first-order chi connectivity index (χ1) is 9.79. The van der Waals surface area contributed by atoms with Crippen molar-refractivity contribution in [3.8, 4) is 0 Å². The lowest BCUT2D eigenvalue weighted by atomic mass is 9.53. The van der Waals surface area contributed by atoms with E-state index in [9.17, 15) is 14.7 Å². The van der Waals surface area contributed by atoms with Crippen molar-refractivity contribution >= 4 is 11.9 Å². The van der Waals surface area contributed by atoms with E-state index in [1.54, 1.807) is 6.92 Å². The number of carbonyl (C=O) groups excluding carboxylic acids is 2. The summed E-state index contributed by atoms with van der Waals surface area (Å²) < 4.78 is 16.6. The fraction of sp³-hybridized carbons (Fsp3) is 0.733. The number of rotatable bonds is 1. The van der Waals surface area contributed by atoms with Gasteiger partial charge in [-0.25, -0.2) is 4.79 Å². The Kier molecular flexibility index (Phi) is 1.68. The lowest BCUT2D eigenvalue weighted by Gasteiger charge is -2.51. The molecular formula is C15H16O6. The van der Waals surface area contributed by atoms with Crippen LogP contribution in [0.25, 0.3) is 0 Å². The first-order valence-corrected chi connectivity index (χ1v) is 7.26. The van der Waals surface area contributed by atoms with Crippen LogP contribution in [-0.2, 0) is 23.8 Å². The molecule has 3 aliphatic heterocycles. The molecule has 1 N–H and O–H groups in total. The summed E-state index contributed by atoms with van der Waals surface area (Å²) in [5.74, 6) is -1.86. The second-order valence-electron chi connectivity index (χ2n) is 7.25. The Morgan fingerprint density at radius 3 is 2.76 bits per heavy atom. The third-order valence-corrected chi connectivity index (χ3v) is 6.60. The van der Waals surface area contributed by atoms with Gasteiger partial charge in [-0.05, 0) is 13.8 Å². The lowest BCUT2D eigenvalue weighted by molar-refractivity contribution is -0.195. The zero-order valence-corrected chi connectivity index (χ0v) is 11.8. The van der Waals surface area contributed by atoms with Crippen molar-refractivity contribution in [1.29, 1.82) is 0 Å². The van der Waals surface area contributed by atoms with Gasteiger partial charge in [0.25, 0.3) is 0 Å². The Hall–Kier alpha value is -1.40. The normalized spacial score (nSPS) is 62.0. The minimum Gasteiger partial charge on any atom is -0.457 e. The zero-order valence-electron chi connectivity index (χ0n) is 11.8. The second kappa shape index (κ2) is 2.90. The predicted molar refractivity (Wildman–Crippen MR) is 66.8 cm³/mol. The van der Waals surface area contributed by atoms with Crippen LogP contribution in [0.4, 0.5) is 0 Å². The number of carbonyl (C=O) groups is 2. The van der Waals surface area contributed by atoms with E-state index in [2.05, 4.69) is 6.58 Å². The van der Waals surface area contributed by atoms with E-state index in [-0.39, 0.29) is 18.4 Å². The van der Waals surface area contributed by atoms with Gasteiger partial charge in [0.1, 0.15) is 12.2 Å². The molecule has 2 bridgehead atoms. The van der Waals surface area contributed by atoms with Gasteiger partial charge in [-0.15, -0.1) is 0 Å². The fourth-order valence-electron chi connectivity index (χ4n) is 5.59. The highest BCUT2D eigenvalue weighted by atomic mass is 16.7. The summed E-state index contributed by atoms with van der Waals surface area (Å²) in [6, 6.07) is 0. The molecule has 112 valence electrons. The van der Waals surface area contributed by atoms with Crippen LogP contribution in [0.3, 0.4) is 0 Å². The summed E-state index contributed by atoms with van der Waals surface area (Å²) in [7, 11) is 0. The van der Waals surface area contributed by atoms with Crippen LogP contribution in [-0.4, -0.2) is 46.6 Å². The van der Waals surface area contributed by atoms with Crippen molar-refractivity contribution in [1.82, 2.24) is 0 Å². The number of hydrogen-bond donors (Lipinski definition) is 1. The van der Waals surface area contributed by atoms with Crippen molar-refractivity contribution in [2.45, 2.75) is 49.8 Å². The van der Waals surface area contributed by atoms with Crippen LogP contribution in [0.1, 0.15) is 20.3 Å². The molecule has 2 aliphatic carbocycles. The predicted octanol–water partition coefficient (Wildman–Crippen LogP) is -0.0620. The molecule has 0 aromatic carbocycles. The summed E-state index contributed by atoms with van der Waals surface area (Å²) in [5, 5.41) is 11.4. The third kappa shape index (κ3) is 0.874. The highest BCUT2D eigenvalue weighted by Gasteiger charge is 2.95. The first-order valence-electron chi connectivity index (χ1n) is 7.26. The molecule has 0 aromatic rings. The molecule has 8 atom stereocenters. The monoisotopic (exact) mass is 292 g/mol. The van der Waals surface area contributed by atoms with Crippen molar-refractivity contribution in [2.75, 3.05) is 0 Å². The standard InChI is InChI=1S/C15H16O6/c1-5(2)7-8-11(16)19-9(7)10-13(3)14(8,18)4-6-15(13,21-6)12(17)20-10/h6-10,18H,1,4H2,2-3H3/t6-,7-,8-,9-,10-,13-,14-,15?/m1/s1. The number of fused-ring (bicyclic) bond motifs is 4. The molecule has 0 radical (unpaired) electrons. The Morgan fingerprint density at radius 1 is 1.38 bits per heavy atom. The zero-order chi connectivity index (χ0) is 14.9. The third-order valence-electron chi connectivity index (χ3n) is 6.60. The van der Waals surface area contributed by atoms with Crippen LogP contribution < -0.4 is 0 Å². The topological polar surface area (TPSA) is 85.4 Å². The van der Waals surface area contributed by atoms with Crippen molar-refractivity contribution in [3.05, 3.63) is 12.2 Å². The molecule has 6 nitrogen and oxygen atoms in total. The Morgan fingerprint density at radius 2 is 2.10 bits per heavy atom. The summed E-state index contributed by atoms with van der Waals surface area (Å²) in [6.07, 6.45) is -1.34. The van der Waals surface area contributed by atoms with Crippen LogP contribution in [0.2, 0.25) is 0 Å². The maximum absolute atomic E-state index is 12.3. The van der Waals surface area contributed by atoms with Gasteiger partial charge in [-0.3, -0.25) is 4.79 Å². The minimum atomic E-state index is -1.35. The van der Waals surface area contributed by atoms with Gasteiger partial charge >= 0.3 is 11.9 Å². The number of esters is 2. The van der Waals surface area contributed by atoms with E-state index >= 15 is 0 Å². The maximum Gasteiger partial charge on any atom is 0.342 e. The summed E-state index contributed by atoms with van der Waals surface area (Å²) >= 11 is 0. The molecule has 21 heavy (non-hydrogen) atoms. The number of epoxide rings is 1. The van der Waals surface area contributed by atoms with Crippen LogP contribution in [0.5, 0.6) is 0 Å². The molecule has 2 saturated carbocycles. The van der Waals surface area contributed by atoms with E-state index in [0.29, 0.717) is 0 Å². The average Bonchev–Trinajstić information content (AvgIpc) is 2.86. The van der Waals surface area contributed by atoms with Gasteiger partial charge in [0.2, 0.25) is 5.60 Å².